The Morgan fingerprint density at radius 2 is 2.23 bits per heavy atom. The van der Waals surface area contributed by atoms with E-state index in [1.54, 1.807) is 4.90 Å². The van der Waals surface area contributed by atoms with Crippen LogP contribution < -0.4 is 0 Å². The van der Waals surface area contributed by atoms with Crippen molar-refractivity contribution in [3.8, 4) is 0 Å². The Hall–Kier alpha value is -1.40. The van der Waals surface area contributed by atoms with Crippen molar-refractivity contribution in [3.63, 3.8) is 0 Å². The van der Waals surface area contributed by atoms with Gasteiger partial charge < -0.3 is 4.90 Å². The van der Waals surface area contributed by atoms with E-state index in [0.717, 1.165) is 26.2 Å². The molecule has 6 heteroatoms. The molecule has 0 aromatic carbocycles. The SMILES string of the molecule is CN(C)C(=O)CN1C[C@@H]2CCCN(Cc3cnn(C)c3)[C@@H]2C1. The standard InChI is InChI=1S/C16H27N5O/c1-18(2)16(22)12-20-10-14-5-4-6-21(15(14)11-20)9-13-7-17-19(3)8-13/h7-8,14-15H,4-6,9-12H2,1-3H3/t14-,15+/m0/s1. The number of piperidine rings is 1. The molecule has 2 aliphatic heterocycles. The number of nitrogens with zero attached hydrogens (tertiary/aromatic N) is 5. The minimum absolute atomic E-state index is 0.206. The number of carbonyl (C=O) groups is 1. The molecule has 2 fully saturated rings. The van der Waals surface area contributed by atoms with Crippen molar-refractivity contribution >= 4 is 5.91 Å². The molecular weight excluding hydrogens is 278 g/mol. The molecule has 122 valence electrons. The van der Waals surface area contributed by atoms with Crippen molar-refractivity contribution in [2.45, 2.75) is 25.4 Å². The van der Waals surface area contributed by atoms with E-state index in [-0.39, 0.29) is 5.91 Å². The summed E-state index contributed by atoms with van der Waals surface area (Å²) in [6, 6.07) is 0.587. The summed E-state index contributed by atoms with van der Waals surface area (Å²) in [6.07, 6.45) is 6.62. The first-order valence-electron chi connectivity index (χ1n) is 8.17. The van der Waals surface area contributed by atoms with Crippen molar-refractivity contribution < 1.29 is 4.79 Å². The van der Waals surface area contributed by atoms with Crippen LogP contribution in [0.15, 0.2) is 12.4 Å². The van der Waals surface area contributed by atoms with Crippen LogP contribution in [0.3, 0.4) is 0 Å². The molecule has 0 unspecified atom stereocenters. The van der Waals surface area contributed by atoms with Crippen LogP contribution in [0.4, 0.5) is 0 Å². The Balaban J connectivity index is 1.61. The summed E-state index contributed by atoms with van der Waals surface area (Å²) >= 11 is 0. The highest BCUT2D eigenvalue weighted by Crippen LogP contribution is 2.31. The number of likely N-dealkylation sites (tertiary alicyclic amines) is 2. The smallest absolute Gasteiger partial charge is 0.236 e. The summed E-state index contributed by atoms with van der Waals surface area (Å²) in [5, 5.41) is 4.27. The van der Waals surface area contributed by atoms with Crippen LogP contribution in [0.5, 0.6) is 0 Å². The van der Waals surface area contributed by atoms with Crippen molar-refractivity contribution in [2.75, 3.05) is 40.3 Å². The fourth-order valence-electron chi connectivity index (χ4n) is 3.81. The second-order valence-corrected chi connectivity index (χ2v) is 6.94. The minimum Gasteiger partial charge on any atom is -0.348 e. The third-order valence-corrected chi connectivity index (χ3v) is 4.97. The van der Waals surface area contributed by atoms with E-state index in [2.05, 4.69) is 21.1 Å². The Labute approximate surface area is 132 Å². The lowest BCUT2D eigenvalue weighted by atomic mass is 9.92. The van der Waals surface area contributed by atoms with Crippen LogP contribution in [-0.2, 0) is 18.4 Å². The largest absolute Gasteiger partial charge is 0.348 e. The van der Waals surface area contributed by atoms with Crippen LogP contribution in [-0.4, -0.2) is 76.7 Å². The van der Waals surface area contributed by atoms with Gasteiger partial charge >= 0.3 is 0 Å². The van der Waals surface area contributed by atoms with E-state index < -0.39 is 0 Å². The number of fused-ring (bicyclic) bond motifs is 1. The van der Waals surface area contributed by atoms with Gasteiger partial charge in [-0.1, -0.05) is 0 Å². The molecule has 0 radical (unpaired) electrons. The Morgan fingerprint density at radius 3 is 2.91 bits per heavy atom. The topological polar surface area (TPSA) is 44.6 Å². The molecule has 0 saturated carbocycles. The van der Waals surface area contributed by atoms with E-state index in [1.165, 1.54) is 18.4 Å². The van der Waals surface area contributed by atoms with Gasteiger partial charge in [0.2, 0.25) is 5.91 Å². The third kappa shape index (κ3) is 3.33. The van der Waals surface area contributed by atoms with E-state index in [9.17, 15) is 4.79 Å². The predicted octanol–water partition coefficient (Wildman–Crippen LogP) is 0.405. The number of carbonyl (C=O) groups excluding carboxylic acids is 1. The second kappa shape index (κ2) is 6.38. The molecule has 0 spiro atoms. The molecule has 3 rings (SSSR count). The van der Waals surface area contributed by atoms with Crippen molar-refractivity contribution in [2.24, 2.45) is 13.0 Å². The molecule has 0 bridgehead atoms. The molecule has 1 aromatic heterocycles. The number of aromatic nitrogens is 2. The molecule has 2 aliphatic rings. The molecular formula is C16H27N5O. The lowest BCUT2D eigenvalue weighted by Crippen LogP contribution is -2.44. The summed E-state index contributed by atoms with van der Waals surface area (Å²) in [6.45, 7) is 4.77. The van der Waals surface area contributed by atoms with Crippen molar-refractivity contribution in [1.82, 2.24) is 24.5 Å². The number of rotatable bonds is 4. The van der Waals surface area contributed by atoms with Gasteiger partial charge in [-0.25, -0.2) is 0 Å². The number of aryl methyl sites for hydroxylation is 1. The van der Waals surface area contributed by atoms with Gasteiger partial charge in [-0.3, -0.25) is 19.3 Å². The van der Waals surface area contributed by atoms with Gasteiger partial charge in [0.1, 0.15) is 0 Å². The van der Waals surface area contributed by atoms with Crippen LogP contribution in [0, 0.1) is 5.92 Å². The zero-order valence-electron chi connectivity index (χ0n) is 13.9. The normalized spacial score (nSPS) is 26.1. The summed E-state index contributed by atoms with van der Waals surface area (Å²) in [5.74, 6) is 0.915. The van der Waals surface area contributed by atoms with E-state index in [0.29, 0.717) is 18.5 Å². The van der Waals surface area contributed by atoms with Crippen molar-refractivity contribution in [3.05, 3.63) is 18.0 Å². The Morgan fingerprint density at radius 1 is 1.41 bits per heavy atom. The van der Waals surface area contributed by atoms with Crippen molar-refractivity contribution in [1.29, 1.82) is 0 Å². The van der Waals surface area contributed by atoms with Crippen LogP contribution >= 0.6 is 0 Å². The monoisotopic (exact) mass is 305 g/mol. The fourth-order valence-corrected chi connectivity index (χ4v) is 3.81. The molecule has 2 atom stereocenters. The van der Waals surface area contributed by atoms with Gasteiger partial charge in [0.25, 0.3) is 0 Å². The molecule has 1 amide bonds. The molecule has 1 aromatic rings. The molecule has 0 N–H and O–H groups in total. The lowest BCUT2D eigenvalue weighted by molar-refractivity contribution is -0.129. The second-order valence-electron chi connectivity index (χ2n) is 6.94. The summed E-state index contributed by atoms with van der Waals surface area (Å²) in [5.41, 5.74) is 1.28. The average Bonchev–Trinajstić information content (AvgIpc) is 3.05. The van der Waals surface area contributed by atoms with Gasteiger partial charge in [-0.2, -0.15) is 5.10 Å². The molecule has 0 aliphatic carbocycles. The van der Waals surface area contributed by atoms with Crippen LogP contribution in [0.2, 0.25) is 0 Å². The maximum absolute atomic E-state index is 11.9. The Bertz CT molecular complexity index is 526. The zero-order chi connectivity index (χ0) is 15.7. The number of hydrogen-bond acceptors (Lipinski definition) is 4. The highest BCUT2D eigenvalue weighted by molar-refractivity contribution is 5.77. The van der Waals surface area contributed by atoms with Gasteiger partial charge in [0.15, 0.2) is 0 Å². The highest BCUT2D eigenvalue weighted by atomic mass is 16.2. The number of hydrogen-bond donors (Lipinski definition) is 0. The molecule has 6 nitrogen and oxygen atoms in total. The molecule has 22 heavy (non-hydrogen) atoms. The third-order valence-electron chi connectivity index (χ3n) is 4.97. The first-order valence-corrected chi connectivity index (χ1v) is 8.17. The molecule has 2 saturated heterocycles. The summed E-state index contributed by atoms with van der Waals surface area (Å²) < 4.78 is 1.87. The van der Waals surface area contributed by atoms with Gasteiger partial charge in [-0.15, -0.1) is 0 Å². The minimum atomic E-state index is 0.206. The zero-order valence-corrected chi connectivity index (χ0v) is 13.9. The fraction of sp³-hybridized carbons (Fsp3) is 0.750. The van der Waals surface area contributed by atoms with Crippen LogP contribution in [0.1, 0.15) is 18.4 Å². The first kappa shape index (κ1) is 15.5. The van der Waals surface area contributed by atoms with Gasteiger partial charge in [-0.05, 0) is 25.3 Å². The quantitative estimate of drug-likeness (QED) is 0.808. The average molecular weight is 305 g/mol. The summed E-state index contributed by atoms with van der Waals surface area (Å²) in [7, 11) is 5.63. The maximum Gasteiger partial charge on any atom is 0.236 e. The van der Waals surface area contributed by atoms with Gasteiger partial charge in [0.05, 0.1) is 12.7 Å². The first-order chi connectivity index (χ1) is 10.5. The van der Waals surface area contributed by atoms with Gasteiger partial charge in [0, 0.05) is 58.6 Å². The highest BCUT2D eigenvalue weighted by Gasteiger charge is 2.39. The predicted molar refractivity (Wildman–Crippen MR) is 85.3 cm³/mol. The van der Waals surface area contributed by atoms with E-state index >= 15 is 0 Å². The van der Waals surface area contributed by atoms with E-state index in [4.69, 9.17) is 0 Å². The maximum atomic E-state index is 11.9. The Kier molecular flexibility index (Phi) is 4.49. The number of amides is 1. The molecule has 3 heterocycles. The summed E-state index contributed by atoms with van der Waals surface area (Å²) in [4.78, 5) is 18.6. The number of likely N-dealkylation sites (N-methyl/N-ethyl adjacent to an activating group) is 1. The van der Waals surface area contributed by atoms with E-state index in [1.807, 2.05) is 32.0 Å². The lowest BCUT2D eigenvalue weighted by Gasteiger charge is -2.36. The van der Waals surface area contributed by atoms with Crippen LogP contribution in [0.25, 0.3) is 0 Å².